The second kappa shape index (κ2) is 4.69. The molecule has 4 rings (SSSR count). The Hall–Kier alpha value is -2.63. The highest BCUT2D eigenvalue weighted by Crippen LogP contribution is 2.38. The molecule has 1 aliphatic carbocycles. The lowest BCUT2D eigenvalue weighted by Crippen LogP contribution is -2.28. The quantitative estimate of drug-likeness (QED) is 0.718. The standard InChI is InChI=1S/C18H19FN4O/c1-9-8-23(14-6-18(2,3)7-15(24)16(9)14)13-5-12-10(4-11(13)19)17(20)22-21-12/h4-5,8H,6-7H2,1-3H3,(H3,20,21,22). The predicted molar refractivity (Wildman–Crippen MR) is 91.0 cm³/mol. The first kappa shape index (κ1) is 14.9. The molecule has 5 nitrogen and oxygen atoms in total. The summed E-state index contributed by atoms with van der Waals surface area (Å²) >= 11 is 0. The van der Waals surface area contributed by atoms with Crippen LogP contribution < -0.4 is 5.73 Å². The van der Waals surface area contributed by atoms with Crippen LogP contribution in [0.2, 0.25) is 0 Å². The Morgan fingerprint density at radius 2 is 2.08 bits per heavy atom. The molecule has 3 aromatic rings. The molecule has 0 spiro atoms. The molecule has 24 heavy (non-hydrogen) atoms. The molecule has 0 aliphatic heterocycles. The number of nitrogens with zero attached hydrogens (tertiary/aromatic N) is 2. The molecule has 3 N–H and O–H groups in total. The zero-order valence-electron chi connectivity index (χ0n) is 13.9. The first-order valence-electron chi connectivity index (χ1n) is 7.94. The number of H-pyrrole nitrogens is 1. The maximum Gasteiger partial charge on any atom is 0.165 e. The van der Waals surface area contributed by atoms with E-state index in [1.54, 1.807) is 10.6 Å². The molecule has 0 saturated heterocycles. The number of hydrogen-bond acceptors (Lipinski definition) is 3. The number of anilines is 1. The first-order valence-corrected chi connectivity index (χ1v) is 7.94. The Kier molecular flexibility index (Phi) is 2.92. The number of hydrogen-bond donors (Lipinski definition) is 2. The molecule has 0 radical (unpaired) electrons. The molecule has 1 aromatic carbocycles. The largest absolute Gasteiger partial charge is 0.382 e. The van der Waals surface area contributed by atoms with E-state index in [1.165, 1.54) is 6.07 Å². The van der Waals surface area contributed by atoms with Crippen molar-refractivity contribution >= 4 is 22.5 Å². The highest BCUT2D eigenvalue weighted by molar-refractivity contribution is 6.00. The van der Waals surface area contributed by atoms with Gasteiger partial charge in [0.25, 0.3) is 0 Å². The van der Waals surface area contributed by atoms with E-state index in [-0.39, 0.29) is 22.8 Å². The molecule has 0 amide bonds. The fourth-order valence-electron chi connectivity index (χ4n) is 3.72. The van der Waals surface area contributed by atoms with Gasteiger partial charge in [-0.2, -0.15) is 5.10 Å². The summed E-state index contributed by atoms with van der Waals surface area (Å²) in [6, 6.07) is 3.08. The summed E-state index contributed by atoms with van der Waals surface area (Å²) in [5.41, 5.74) is 9.18. The van der Waals surface area contributed by atoms with Crippen molar-refractivity contribution in [2.75, 3.05) is 5.73 Å². The van der Waals surface area contributed by atoms with Crippen LogP contribution in [0.5, 0.6) is 0 Å². The second-order valence-corrected chi connectivity index (χ2v) is 7.40. The number of aromatic amines is 1. The van der Waals surface area contributed by atoms with Gasteiger partial charge in [0, 0.05) is 29.3 Å². The van der Waals surface area contributed by atoms with Crippen LogP contribution in [0.15, 0.2) is 18.3 Å². The van der Waals surface area contributed by atoms with Crippen molar-refractivity contribution < 1.29 is 9.18 Å². The minimum atomic E-state index is -0.385. The summed E-state index contributed by atoms with van der Waals surface area (Å²) < 4.78 is 16.5. The van der Waals surface area contributed by atoms with E-state index in [0.717, 1.165) is 23.2 Å². The number of nitrogens with two attached hydrogens (primary N) is 1. The number of rotatable bonds is 1. The Labute approximate surface area is 138 Å². The van der Waals surface area contributed by atoms with Crippen molar-refractivity contribution in [3.8, 4) is 5.69 Å². The van der Waals surface area contributed by atoms with Crippen LogP contribution in [0.1, 0.15) is 41.9 Å². The fraction of sp³-hybridized carbons (Fsp3) is 0.333. The van der Waals surface area contributed by atoms with Crippen molar-refractivity contribution in [3.63, 3.8) is 0 Å². The molecule has 124 valence electrons. The molecule has 2 heterocycles. The molecular weight excluding hydrogens is 307 g/mol. The monoisotopic (exact) mass is 326 g/mol. The SMILES string of the molecule is Cc1cn(-c2cc3[nH]nc(N)c3cc2F)c2c1C(=O)CC(C)(C)C2. The highest BCUT2D eigenvalue weighted by Gasteiger charge is 2.35. The molecule has 1 aliphatic rings. The van der Waals surface area contributed by atoms with Gasteiger partial charge >= 0.3 is 0 Å². The van der Waals surface area contributed by atoms with Crippen LogP contribution in [0.4, 0.5) is 10.2 Å². The van der Waals surface area contributed by atoms with Crippen molar-refractivity contribution in [2.45, 2.75) is 33.6 Å². The number of aryl methyl sites for hydroxylation is 1. The topological polar surface area (TPSA) is 76.7 Å². The van der Waals surface area contributed by atoms with Crippen LogP contribution in [0.25, 0.3) is 16.6 Å². The van der Waals surface area contributed by atoms with Gasteiger partial charge in [-0.3, -0.25) is 9.89 Å². The second-order valence-electron chi connectivity index (χ2n) is 7.40. The summed E-state index contributed by atoms with van der Waals surface area (Å²) in [7, 11) is 0. The maximum absolute atomic E-state index is 14.7. The summed E-state index contributed by atoms with van der Waals surface area (Å²) in [5, 5.41) is 7.30. The van der Waals surface area contributed by atoms with Gasteiger partial charge < -0.3 is 10.3 Å². The average molecular weight is 326 g/mol. The molecule has 0 unspecified atom stereocenters. The zero-order chi connectivity index (χ0) is 17.2. The van der Waals surface area contributed by atoms with Gasteiger partial charge in [0.2, 0.25) is 0 Å². The number of Topliss-reactive ketones (excluding diaryl/α,β-unsaturated/α-hetero) is 1. The third kappa shape index (κ3) is 2.06. The molecule has 2 aromatic heterocycles. The number of carbonyl (C=O) groups excluding carboxylic acids is 1. The van der Waals surface area contributed by atoms with Gasteiger partial charge in [0.15, 0.2) is 11.6 Å². The number of fused-ring (bicyclic) bond motifs is 2. The number of halogens is 1. The predicted octanol–water partition coefficient (Wildman–Crippen LogP) is 3.54. The minimum Gasteiger partial charge on any atom is -0.382 e. The van der Waals surface area contributed by atoms with E-state index in [9.17, 15) is 9.18 Å². The summed E-state index contributed by atoms with van der Waals surface area (Å²) in [6.45, 7) is 6.03. The van der Waals surface area contributed by atoms with Gasteiger partial charge in [0.1, 0.15) is 5.82 Å². The normalized spacial score (nSPS) is 16.6. The van der Waals surface area contributed by atoms with E-state index >= 15 is 0 Å². The Balaban J connectivity index is 1.97. The van der Waals surface area contributed by atoms with Crippen LogP contribution in [0.3, 0.4) is 0 Å². The molecule has 6 heteroatoms. The number of carbonyl (C=O) groups is 1. The third-order valence-electron chi connectivity index (χ3n) is 4.78. The molecule has 0 atom stereocenters. The van der Waals surface area contributed by atoms with Gasteiger partial charge in [-0.15, -0.1) is 0 Å². The number of aromatic nitrogens is 3. The van der Waals surface area contributed by atoms with Gasteiger partial charge in [-0.1, -0.05) is 13.8 Å². The smallest absolute Gasteiger partial charge is 0.165 e. The van der Waals surface area contributed by atoms with Crippen molar-refractivity contribution in [1.29, 1.82) is 0 Å². The van der Waals surface area contributed by atoms with E-state index in [1.807, 2.05) is 13.1 Å². The van der Waals surface area contributed by atoms with Gasteiger partial charge in [-0.05, 0) is 36.5 Å². The van der Waals surface area contributed by atoms with E-state index in [0.29, 0.717) is 23.0 Å². The van der Waals surface area contributed by atoms with E-state index in [4.69, 9.17) is 5.73 Å². The van der Waals surface area contributed by atoms with Crippen molar-refractivity contribution in [1.82, 2.24) is 14.8 Å². The first-order chi connectivity index (χ1) is 11.3. The van der Waals surface area contributed by atoms with Crippen LogP contribution in [-0.4, -0.2) is 20.5 Å². The number of nitrogen functional groups attached to an aromatic ring is 1. The summed E-state index contributed by atoms with van der Waals surface area (Å²) in [6.07, 6.45) is 3.09. The average Bonchev–Trinajstić information content (AvgIpc) is 2.98. The lowest BCUT2D eigenvalue weighted by molar-refractivity contribution is 0.0910. The Morgan fingerprint density at radius 1 is 1.33 bits per heavy atom. The minimum absolute atomic E-state index is 0.129. The highest BCUT2D eigenvalue weighted by atomic mass is 19.1. The number of ketones is 1. The Bertz CT molecular complexity index is 996. The fourth-order valence-corrected chi connectivity index (χ4v) is 3.72. The molecular formula is C18H19FN4O. The molecule has 0 saturated carbocycles. The van der Waals surface area contributed by atoms with Crippen molar-refractivity contribution in [2.24, 2.45) is 5.41 Å². The third-order valence-corrected chi connectivity index (χ3v) is 4.78. The number of benzene rings is 1. The van der Waals surface area contributed by atoms with Crippen LogP contribution in [-0.2, 0) is 6.42 Å². The lowest BCUT2D eigenvalue weighted by atomic mass is 9.75. The molecule has 0 fully saturated rings. The Morgan fingerprint density at radius 3 is 2.83 bits per heavy atom. The zero-order valence-corrected chi connectivity index (χ0v) is 13.9. The van der Waals surface area contributed by atoms with E-state index < -0.39 is 0 Å². The maximum atomic E-state index is 14.7. The van der Waals surface area contributed by atoms with Crippen molar-refractivity contribution in [3.05, 3.63) is 41.0 Å². The van der Waals surface area contributed by atoms with Crippen LogP contribution in [0, 0.1) is 18.2 Å². The number of nitrogens with one attached hydrogen (secondary N) is 1. The van der Waals surface area contributed by atoms with Gasteiger partial charge in [0.05, 0.1) is 11.2 Å². The lowest BCUT2D eigenvalue weighted by Gasteiger charge is -2.30. The van der Waals surface area contributed by atoms with Gasteiger partial charge in [-0.25, -0.2) is 4.39 Å². The summed E-state index contributed by atoms with van der Waals surface area (Å²) in [5.74, 6) is 0.0199. The van der Waals surface area contributed by atoms with Crippen LogP contribution >= 0.6 is 0 Å². The van der Waals surface area contributed by atoms with E-state index in [2.05, 4.69) is 24.0 Å². The summed E-state index contributed by atoms with van der Waals surface area (Å²) in [4.78, 5) is 12.5. The molecule has 0 bridgehead atoms.